The number of anilines is 1. The lowest BCUT2D eigenvalue weighted by molar-refractivity contribution is -0.137. The summed E-state index contributed by atoms with van der Waals surface area (Å²) < 4.78 is 19.6. The topological polar surface area (TPSA) is 82.2 Å². The molecule has 0 radical (unpaired) electrons. The van der Waals surface area contributed by atoms with Crippen LogP contribution in [-0.2, 0) is 16.1 Å². The van der Waals surface area contributed by atoms with Gasteiger partial charge in [0.05, 0.1) is 12.4 Å². The largest absolute Gasteiger partial charge is 0.494 e. The Kier molecular flexibility index (Phi) is 8.54. The number of nitrogens with one attached hydrogen (secondary N) is 1. The van der Waals surface area contributed by atoms with E-state index in [9.17, 15) is 18.8 Å². The lowest BCUT2D eigenvalue weighted by Crippen LogP contribution is -2.51. The number of piperidine rings is 1. The van der Waals surface area contributed by atoms with Gasteiger partial charge >= 0.3 is 6.03 Å². The van der Waals surface area contributed by atoms with Crippen molar-refractivity contribution in [1.82, 2.24) is 14.7 Å². The summed E-state index contributed by atoms with van der Waals surface area (Å²) in [5.41, 5.74) is 2.64. The summed E-state index contributed by atoms with van der Waals surface area (Å²) in [6, 6.07) is 12.6. The highest BCUT2D eigenvalue weighted by atomic mass is 32.2. The van der Waals surface area contributed by atoms with E-state index in [0.717, 1.165) is 17.7 Å². The number of hydrogen-bond donors (Lipinski definition) is 1. The summed E-state index contributed by atoms with van der Waals surface area (Å²) in [6.45, 7) is 6.42. The van der Waals surface area contributed by atoms with Gasteiger partial charge in [0, 0.05) is 44.3 Å². The summed E-state index contributed by atoms with van der Waals surface area (Å²) in [7, 11) is 1.42. The summed E-state index contributed by atoms with van der Waals surface area (Å²) in [4.78, 5) is 45.0. The first-order chi connectivity index (χ1) is 19.2. The van der Waals surface area contributed by atoms with Crippen molar-refractivity contribution in [3.8, 4) is 5.75 Å². The van der Waals surface area contributed by atoms with Crippen molar-refractivity contribution in [2.24, 2.45) is 5.92 Å². The van der Waals surface area contributed by atoms with E-state index in [1.807, 2.05) is 34.1 Å². The lowest BCUT2D eigenvalue weighted by Gasteiger charge is -2.40. The number of halogens is 1. The first-order valence-corrected chi connectivity index (χ1v) is 14.9. The number of thioether (sulfide) groups is 1. The summed E-state index contributed by atoms with van der Waals surface area (Å²) >= 11 is 1.42. The second-order valence-corrected chi connectivity index (χ2v) is 12.4. The number of fused-ring (bicyclic) bond motifs is 1. The highest BCUT2D eigenvalue weighted by molar-refractivity contribution is 8.01. The van der Waals surface area contributed by atoms with Crippen LogP contribution >= 0.6 is 11.8 Å². The number of urea groups is 1. The minimum Gasteiger partial charge on any atom is -0.494 e. The zero-order chi connectivity index (χ0) is 28.4. The van der Waals surface area contributed by atoms with Gasteiger partial charge in [0.15, 0.2) is 11.6 Å². The maximum absolute atomic E-state index is 14.5. The van der Waals surface area contributed by atoms with Gasteiger partial charge in [-0.15, -0.1) is 11.8 Å². The van der Waals surface area contributed by atoms with Crippen LogP contribution in [0.25, 0.3) is 0 Å². The molecule has 0 saturated carbocycles. The molecule has 0 spiro atoms. The Hall–Kier alpha value is -3.27. The van der Waals surface area contributed by atoms with E-state index in [-0.39, 0.29) is 41.4 Å². The van der Waals surface area contributed by atoms with Crippen LogP contribution in [0.15, 0.2) is 42.5 Å². The molecule has 2 saturated heterocycles. The molecule has 5 rings (SSSR count). The SMILES string of the molecule is COc1ccc(C2SC(CC(=O)N3CCC(N4Cc5ccccc5NC4=O)CC3)C(=O)N2CCC(C)C)cc1F. The van der Waals surface area contributed by atoms with Gasteiger partial charge in [-0.2, -0.15) is 0 Å². The van der Waals surface area contributed by atoms with Crippen LogP contribution < -0.4 is 10.1 Å². The molecule has 2 fully saturated rings. The molecular weight excluding hydrogens is 531 g/mol. The highest BCUT2D eigenvalue weighted by Crippen LogP contribution is 2.45. The average Bonchev–Trinajstić information content (AvgIpc) is 3.26. The van der Waals surface area contributed by atoms with E-state index >= 15 is 0 Å². The van der Waals surface area contributed by atoms with Gasteiger partial charge in [-0.3, -0.25) is 9.59 Å². The number of carbonyl (C=O) groups is 3. The molecule has 2 aromatic rings. The molecule has 2 unspecified atom stereocenters. The fourth-order valence-corrected chi connectivity index (χ4v) is 7.14. The van der Waals surface area contributed by atoms with Gasteiger partial charge in [-0.05, 0) is 54.5 Å². The predicted octanol–water partition coefficient (Wildman–Crippen LogP) is 5.25. The van der Waals surface area contributed by atoms with E-state index in [0.29, 0.717) is 50.5 Å². The third-order valence-corrected chi connectivity index (χ3v) is 9.50. The molecule has 8 nitrogen and oxygen atoms in total. The maximum atomic E-state index is 14.5. The molecular formula is C30H37FN4O4S. The minimum atomic E-state index is -0.517. The van der Waals surface area contributed by atoms with E-state index in [2.05, 4.69) is 19.2 Å². The Morgan fingerprint density at radius 1 is 1.15 bits per heavy atom. The number of para-hydroxylation sites is 1. The van der Waals surface area contributed by atoms with Crippen molar-refractivity contribution in [2.45, 2.75) is 62.7 Å². The van der Waals surface area contributed by atoms with Crippen molar-refractivity contribution < 1.29 is 23.5 Å². The van der Waals surface area contributed by atoms with E-state index < -0.39 is 11.1 Å². The van der Waals surface area contributed by atoms with Gasteiger partial charge in [0.1, 0.15) is 5.37 Å². The molecule has 4 amide bonds. The molecule has 3 heterocycles. The number of benzene rings is 2. The smallest absolute Gasteiger partial charge is 0.322 e. The van der Waals surface area contributed by atoms with Crippen LogP contribution in [0.4, 0.5) is 14.9 Å². The molecule has 0 aromatic heterocycles. The Balaban J connectivity index is 1.21. The van der Waals surface area contributed by atoms with E-state index in [1.54, 1.807) is 17.0 Å². The minimum absolute atomic E-state index is 0.0527. The van der Waals surface area contributed by atoms with Crippen LogP contribution in [0, 0.1) is 11.7 Å². The van der Waals surface area contributed by atoms with Crippen LogP contribution in [-0.4, -0.2) is 70.6 Å². The number of amides is 4. The predicted molar refractivity (Wildman–Crippen MR) is 153 cm³/mol. The molecule has 1 N–H and O–H groups in total. The third-order valence-electron chi connectivity index (χ3n) is 8.02. The molecule has 3 aliphatic rings. The molecule has 40 heavy (non-hydrogen) atoms. The number of ether oxygens (including phenoxy) is 1. The molecule has 10 heteroatoms. The van der Waals surface area contributed by atoms with Gasteiger partial charge in [0.2, 0.25) is 11.8 Å². The van der Waals surface area contributed by atoms with Gasteiger partial charge in [-0.1, -0.05) is 38.1 Å². The molecule has 0 bridgehead atoms. The number of methoxy groups -OCH3 is 1. The first-order valence-electron chi connectivity index (χ1n) is 14.0. The summed E-state index contributed by atoms with van der Waals surface area (Å²) in [6.07, 6.45) is 2.33. The van der Waals surface area contributed by atoms with Crippen LogP contribution in [0.2, 0.25) is 0 Å². The zero-order valence-electron chi connectivity index (χ0n) is 23.3. The molecule has 2 aromatic carbocycles. The van der Waals surface area contributed by atoms with Crippen LogP contribution in [0.5, 0.6) is 5.75 Å². The fourth-order valence-electron chi connectivity index (χ4n) is 5.67. The van der Waals surface area contributed by atoms with Crippen molar-refractivity contribution in [1.29, 1.82) is 0 Å². The number of nitrogens with zero attached hydrogens (tertiary/aromatic N) is 3. The zero-order valence-corrected chi connectivity index (χ0v) is 24.1. The molecule has 0 aliphatic carbocycles. The van der Waals surface area contributed by atoms with Crippen LogP contribution in [0.3, 0.4) is 0 Å². The van der Waals surface area contributed by atoms with Crippen molar-refractivity contribution in [2.75, 3.05) is 32.1 Å². The Labute approximate surface area is 239 Å². The van der Waals surface area contributed by atoms with E-state index in [4.69, 9.17) is 4.74 Å². The standard InChI is InChI=1S/C30H37FN4O4S/c1-19(2)10-15-34-28(37)26(40-29(34)20-8-9-25(39-3)23(31)16-20)17-27(36)33-13-11-22(12-14-33)35-18-21-6-4-5-7-24(21)32-30(35)38/h4-9,16,19,22,26,29H,10-15,17-18H2,1-3H3,(H,32,38). The highest BCUT2D eigenvalue weighted by Gasteiger charge is 2.43. The number of carbonyl (C=O) groups excluding carboxylic acids is 3. The molecule has 3 aliphatic heterocycles. The van der Waals surface area contributed by atoms with E-state index in [1.165, 1.54) is 24.9 Å². The Morgan fingerprint density at radius 3 is 2.60 bits per heavy atom. The number of likely N-dealkylation sites (tertiary alicyclic amines) is 1. The fraction of sp³-hybridized carbons (Fsp3) is 0.500. The third kappa shape index (κ3) is 5.92. The second-order valence-electron chi connectivity index (χ2n) is 11.1. The average molecular weight is 569 g/mol. The molecule has 2 atom stereocenters. The number of rotatable bonds is 8. The maximum Gasteiger partial charge on any atom is 0.322 e. The Morgan fingerprint density at radius 2 is 1.90 bits per heavy atom. The summed E-state index contributed by atoms with van der Waals surface area (Å²) in [5.74, 6) is -0.0244. The van der Waals surface area contributed by atoms with Crippen molar-refractivity contribution >= 4 is 35.3 Å². The second kappa shape index (κ2) is 12.1. The normalized spacial score (nSPS) is 21.6. The van der Waals surface area contributed by atoms with Crippen molar-refractivity contribution in [3.05, 3.63) is 59.4 Å². The summed E-state index contributed by atoms with van der Waals surface area (Å²) in [5, 5.41) is 2.11. The van der Waals surface area contributed by atoms with Gasteiger partial charge < -0.3 is 24.8 Å². The lowest BCUT2D eigenvalue weighted by atomic mass is 10.0. The van der Waals surface area contributed by atoms with Crippen molar-refractivity contribution in [3.63, 3.8) is 0 Å². The number of hydrogen-bond acceptors (Lipinski definition) is 5. The van der Waals surface area contributed by atoms with Crippen LogP contribution in [0.1, 0.15) is 56.0 Å². The molecule has 214 valence electrons. The Bertz CT molecular complexity index is 1270. The monoisotopic (exact) mass is 568 g/mol. The van der Waals surface area contributed by atoms with Gasteiger partial charge in [-0.25, -0.2) is 9.18 Å². The first kappa shape index (κ1) is 28.3. The van der Waals surface area contributed by atoms with Gasteiger partial charge in [0.25, 0.3) is 0 Å². The quantitative estimate of drug-likeness (QED) is 0.470.